The van der Waals surface area contributed by atoms with E-state index in [9.17, 15) is 8.78 Å². The van der Waals surface area contributed by atoms with Gasteiger partial charge in [-0.15, -0.1) is 0 Å². The van der Waals surface area contributed by atoms with E-state index in [2.05, 4.69) is 19.2 Å². The minimum absolute atomic E-state index is 0.238. The minimum Gasteiger partial charge on any atom is -0.488 e. The summed E-state index contributed by atoms with van der Waals surface area (Å²) in [5, 5.41) is 3.17. The third-order valence-corrected chi connectivity index (χ3v) is 3.41. The predicted molar refractivity (Wildman–Crippen MR) is 75.7 cm³/mol. The van der Waals surface area contributed by atoms with Crippen molar-refractivity contribution in [2.45, 2.75) is 39.7 Å². The molecular weight excluding hydrogens is 260 g/mol. The van der Waals surface area contributed by atoms with Crippen molar-refractivity contribution < 1.29 is 13.5 Å². The molecule has 20 heavy (non-hydrogen) atoms. The van der Waals surface area contributed by atoms with Crippen LogP contribution in [0, 0.1) is 23.5 Å². The molecule has 0 saturated heterocycles. The molecule has 1 N–H and O–H groups in total. The van der Waals surface area contributed by atoms with Crippen molar-refractivity contribution >= 4 is 0 Å². The standard InChI is InChI=1S/C16H23F2NO/c1-11(2)9-19-10-13-7-14(17)16(15(18)8-13)20-6-5-12-3-4-12/h7-8,11-12,19H,3-6,9-10H2,1-2H3. The predicted octanol–water partition coefficient (Wildman–Crippen LogP) is 3.89. The highest BCUT2D eigenvalue weighted by molar-refractivity contribution is 5.31. The highest BCUT2D eigenvalue weighted by Crippen LogP contribution is 2.32. The zero-order valence-electron chi connectivity index (χ0n) is 12.2. The van der Waals surface area contributed by atoms with Crippen LogP contribution in [0.4, 0.5) is 8.78 Å². The molecule has 0 amide bonds. The zero-order valence-corrected chi connectivity index (χ0v) is 12.2. The van der Waals surface area contributed by atoms with Gasteiger partial charge in [-0.2, -0.15) is 0 Å². The summed E-state index contributed by atoms with van der Waals surface area (Å²) in [6.45, 7) is 5.86. The summed E-state index contributed by atoms with van der Waals surface area (Å²) in [5.41, 5.74) is 0.607. The summed E-state index contributed by atoms with van der Waals surface area (Å²) in [4.78, 5) is 0. The summed E-state index contributed by atoms with van der Waals surface area (Å²) < 4.78 is 32.9. The van der Waals surface area contributed by atoms with E-state index in [1.54, 1.807) is 0 Å². The minimum atomic E-state index is -0.609. The van der Waals surface area contributed by atoms with Gasteiger partial charge in [-0.05, 0) is 42.5 Å². The smallest absolute Gasteiger partial charge is 0.190 e. The fourth-order valence-corrected chi connectivity index (χ4v) is 2.09. The van der Waals surface area contributed by atoms with Gasteiger partial charge in [0.15, 0.2) is 17.4 Å². The van der Waals surface area contributed by atoms with Gasteiger partial charge in [0, 0.05) is 6.54 Å². The van der Waals surface area contributed by atoms with E-state index in [-0.39, 0.29) is 5.75 Å². The first-order chi connectivity index (χ1) is 9.56. The van der Waals surface area contributed by atoms with Gasteiger partial charge in [-0.1, -0.05) is 26.7 Å². The lowest BCUT2D eigenvalue weighted by Gasteiger charge is -2.11. The summed E-state index contributed by atoms with van der Waals surface area (Å²) in [5.74, 6) is -0.252. The molecule has 2 nitrogen and oxygen atoms in total. The Kier molecular flexibility index (Phi) is 5.35. The molecule has 1 aliphatic rings. The quantitative estimate of drug-likeness (QED) is 0.781. The number of benzene rings is 1. The van der Waals surface area contributed by atoms with Gasteiger partial charge in [-0.3, -0.25) is 0 Å². The van der Waals surface area contributed by atoms with E-state index in [0.717, 1.165) is 13.0 Å². The lowest BCUT2D eigenvalue weighted by molar-refractivity contribution is 0.273. The topological polar surface area (TPSA) is 21.3 Å². The zero-order chi connectivity index (χ0) is 14.5. The number of rotatable bonds is 8. The Balaban J connectivity index is 1.88. The Morgan fingerprint density at radius 2 is 1.90 bits per heavy atom. The van der Waals surface area contributed by atoms with Crippen LogP contribution < -0.4 is 10.1 Å². The highest BCUT2D eigenvalue weighted by Gasteiger charge is 2.21. The van der Waals surface area contributed by atoms with Crippen LogP contribution in [0.5, 0.6) is 5.75 Å². The molecule has 0 bridgehead atoms. The largest absolute Gasteiger partial charge is 0.488 e. The Labute approximate surface area is 119 Å². The molecule has 0 aromatic heterocycles. The second-order valence-corrected chi connectivity index (χ2v) is 5.99. The van der Waals surface area contributed by atoms with Crippen LogP contribution in [0.25, 0.3) is 0 Å². The molecule has 1 aromatic rings. The van der Waals surface area contributed by atoms with Crippen LogP contribution in [0.2, 0.25) is 0 Å². The van der Waals surface area contributed by atoms with E-state index in [4.69, 9.17) is 4.74 Å². The molecule has 0 aliphatic heterocycles. The molecule has 0 radical (unpaired) electrons. The van der Waals surface area contributed by atoms with Gasteiger partial charge in [0.25, 0.3) is 0 Å². The van der Waals surface area contributed by atoms with Crippen molar-refractivity contribution in [1.82, 2.24) is 5.32 Å². The molecule has 1 fully saturated rings. The average molecular weight is 283 g/mol. The Morgan fingerprint density at radius 3 is 2.45 bits per heavy atom. The van der Waals surface area contributed by atoms with Gasteiger partial charge in [0.2, 0.25) is 0 Å². The summed E-state index contributed by atoms with van der Waals surface area (Å²) >= 11 is 0. The number of halogens is 2. The average Bonchev–Trinajstić information content (AvgIpc) is 3.16. The van der Waals surface area contributed by atoms with E-state index in [1.165, 1.54) is 25.0 Å². The Morgan fingerprint density at radius 1 is 1.25 bits per heavy atom. The molecule has 2 rings (SSSR count). The lowest BCUT2D eigenvalue weighted by Crippen LogP contribution is -2.19. The molecule has 4 heteroatoms. The fraction of sp³-hybridized carbons (Fsp3) is 0.625. The van der Waals surface area contributed by atoms with Crippen LogP contribution in [-0.4, -0.2) is 13.2 Å². The molecular formula is C16H23F2NO. The van der Waals surface area contributed by atoms with E-state index < -0.39 is 11.6 Å². The molecule has 112 valence electrons. The van der Waals surface area contributed by atoms with Gasteiger partial charge >= 0.3 is 0 Å². The number of ether oxygens (including phenoxy) is 1. The van der Waals surface area contributed by atoms with Gasteiger partial charge in [0.1, 0.15) is 0 Å². The molecule has 0 unspecified atom stereocenters. The normalized spacial score (nSPS) is 14.8. The van der Waals surface area contributed by atoms with Crippen molar-refractivity contribution in [1.29, 1.82) is 0 Å². The van der Waals surface area contributed by atoms with Crippen LogP contribution in [0.1, 0.15) is 38.7 Å². The van der Waals surface area contributed by atoms with Crippen LogP contribution in [0.3, 0.4) is 0 Å². The summed E-state index contributed by atoms with van der Waals surface area (Å²) in [6.07, 6.45) is 3.32. The van der Waals surface area contributed by atoms with Gasteiger partial charge in [-0.25, -0.2) is 8.78 Å². The first-order valence-corrected chi connectivity index (χ1v) is 7.37. The summed E-state index contributed by atoms with van der Waals surface area (Å²) in [7, 11) is 0. The second-order valence-electron chi connectivity index (χ2n) is 5.99. The number of hydrogen-bond acceptors (Lipinski definition) is 2. The third-order valence-electron chi connectivity index (χ3n) is 3.41. The second kappa shape index (κ2) is 7.02. The Hall–Kier alpha value is -1.16. The molecule has 0 heterocycles. The lowest BCUT2D eigenvalue weighted by atomic mass is 10.1. The van der Waals surface area contributed by atoms with Crippen LogP contribution in [0.15, 0.2) is 12.1 Å². The third kappa shape index (κ3) is 4.75. The maximum Gasteiger partial charge on any atom is 0.190 e. The molecule has 1 saturated carbocycles. The number of nitrogens with one attached hydrogen (secondary N) is 1. The van der Waals surface area contributed by atoms with Crippen molar-refractivity contribution in [2.24, 2.45) is 11.8 Å². The van der Waals surface area contributed by atoms with E-state index in [1.807, 2.05) is 0 Å². The van der Waals surface area contributed by atoms with Crippen molar-refractivity contribution in [2.75, 3.05) is 13.2 Å². The van der Waals surface area contributed by atoms with Gasteiger partial charge in [0.05, 0.1) is 6.61 Å². The molecule has 1 aromatic carbocycles. The van der Waals surface area contributed by atoms with Crippen molar-refractivity contribution in [3.8, 4) is 5.75 Å². The van der Waals surface area contributed by atoms with Crippen LogP contribution >= 0.6 is 0 Å². The first kappa shape index (κ1) is 15.2. The Bertz CT molecular complexity index is 421. The van der Waals surface area contributed by atoms with Crippen molar-refractivity contribution in [3.05, 3.63) is 29.3 Å². The maximum absolute atomic E-state index is 13.8. The molecule has 0 spiro atoms. The first-order valence-electron chi connectivity index (χ1n) is 7.37. The van der Waals surface area contributed by atoms with Gasteiger partial charge < -0.3 is 10.1 Å². The van der Waals surface area contributed by atoms with Crippen LogP contribution in [-0.2, 0) is 6.54 Å². The number of hydrogen-bond donors (Lipinski definition) is 1. The fourth-order valence-electron chi connectivity index (χ4n) is 2.09. The molecule has 0 atom stereocenters. The van der Waals surface area contributed by atoms with E-state index in [0.29, 0.717) is 30.6 Å². The highest BCUT2D eigenvalue weighted by atomic mass is 19.1. The monoisotopic (exact) mass is 283 g/mol. The maximum atomic E-state index is 13.8. The molecule has 1 aliphatic carbocycles. The SMILES string of the molecule is CC(C)CNCc1cc(F)c(OCCC2CC2)c(F)c1. The van der Waals surface area contributed by atoms with E-state index >= 15 is 0 Å². The van der Waals surface area contributed by atoms with Crippen molar-refractivity contribution in [3.63, 3.8) is 0 Å². The summed E-state index contributed by atoms with van der Waals surface area (Å²) in [6, 6.07) is 2.70.